The average molecular weight is 825 g/mol. The molecule has 0 bridgehead atoms. The largest absolute Gasteiger partial charge is 0.455 e. The Hall–Kier alpha value is -4.05. The van der Waals surface area contributed by atoms with Crippen LogP contribution in [-0.4, -0.2) is 92.0 Å². The van der Waals surface area contributed by atoms with Crippen LogP contribution in [-0.2, 0) is 83.3 Å². The number of hydrogen-bond donors (Lipinski definition) is 0. The molecule has 4 fully saturated rings. The second-order valence-corrected chi connectivity index (χ2v) is 16.6. The monoisotopic (exact) mass is 824 g/mol. The standard InChI is InChI=1S/C48H56O12/c1-47(2)54-30-36(58-47)25-37-39(51-27-33-19-11-6-12-20-33)42(40(52-28-34-21-13-7-14-22-34)38(55-37)31-50-26-32-17-9-5-10-18-32)56-45(49)43-41(53-29-35-23-15-8-16-24-35)44-46(57-43)60-48(3,4)59-44/h5-24,36-44,46H,25-31H2,1-4H3/t36?,37-,38-,39-,40-,41-,42-,43+,44-,46-/m1/s1. The lowest BCUT2D eigenvalue weighted by molar-refractivity contribution is -0.275. The van der Waals surface area contributed by atoms with E-state index >= 15 is 0 Å². The van der Waals surface area contributed by atoms with Gasteiger partial charge in [-0.15, -0.1) is 0 Å². The van der Waals surface area contributed by atoms with Crippen molar-refractivity contribution in [2.45, 2.75) is 133 Å². The Morgan fingerprint density at radius 2 is 1.07 bits per heavy atom. The maximum atomic E-state index is 14.8. The van der Waals surface area contributed by atoms with E-state index in [2.05, 4.69) is 0 Å². The summed E-state index contributed by atoms with van der Waals surface area (Å²) in [5.74, 6) is -2.37. The minimum Gasteiger partial charge on any atom is -0.455 e. The third-order valence-electron chi connectivity index (χ3n) is 11.0. The zero-order chi connectivity index (χ0) is 41.5. The molecule has 12 nitrogen and oxygen atoms in total. The molecule has 4 saturated heterocycles. The summed E-state index contributed by atoms with van der Waals surface area (Å²) in [5, 5.41) is 0. The molecule has 0 radical (unpaired) electrons. The topological polar surface area (TPSA) is 119 Å². The van der Waals surface area contributed by atoms with Gasteiger partial charge in [0, 0.05) is 6.42 Å². The Kier molecular flexibility index (Phi) is 13.7. The zero-order valence-electron chi connectivity index (χ0n) is 34.7. The summed E-state index contributed by atoms with van der Waals surface area (Å²) >= 11 is 0. The van der Waals surface area contributed by atoms with E-state index in [9.17, 15) is 4.79 Å². The fraction of sp³-hybridized carbons (Fsp3) is 0.479. The second-order valence-electron chi connectivity index (χ2n) is 16.6. The molecular formula is C48H56O12. The fourth-order valence-electron chi connectivity index (χ4n) is 8.21. The summed E-state index contributed by atoms with van der Waals surface area (Å²) in [6.07, 6.45) is -7.45. The molecule has 4 aromatic carbocycles. The van der Waals surface area contributed by atoms with Gasteiger partial charge >= 0.3 is 5.97 Å². The number of carbonyl (C=O) groups is 1. The molecule has 4 aromatic rings. The first-order valence-corrected chi connectivity index (χ1v) is 20.9. The van der Waals surface area contributed by atoms with Gasteiger partial charge in [-0.3, -0.25) is 0 Å². The van der Waals surface area contributed by atoms with Gasteiger partial charge in [-0.05, 0) is 49.9 Å². The SMILES string of the molecule is CC1(C)OCC(C[C@H]2O[C@H](COCc3ccccc3)[C@@H](OCc3ccccc3)[C@H](OC(=O)[C@H]3O[C@@H]4OC(C)(C)O[C@@H]4[C@@H]3OCc3ccccc3)[C@@H]2OCc2ccccc2)O1. The molecule has 10 atom stereocenters. The van der Waals surface area contributed by atoms with E-state index in [1.807, 2.05) is 149 Å². The summed E-state index contributed by atoms with van der Waals surface area (Å²) in [6, 6.07) is 39.3. The summed E-state index contributed by atoms with van der Waals surface area (Å²) in [4.78, 5) is 14.8. The number of hydrogen-bond acceptors (Lipinski definition) is 12. The molecule has 60 heavy (non-hydrogen) atoms. The molecule has 0 N–H and O–H groups in total. The van der Waals surface area contributed by atoms with Crippen molar-refractivity contribution in [1.29, 1.82) is 0 Å². The molecule has 320 valence electrons. The Labute approximate surface area is 352 Å². The van der Waals surface area contributed by atoms with Crippen LogP contribution in [0.25, 0.3) is 0 Å². The van der Waals surface area contributed by atoms with Crippen LogP contribution in [0.5, 0.6) is 0 Å². The molecule has 1 unspecified atom stereocenters. The van der Waals surface area contributed by atoms with Crippen molar-refractivity contribution in [3.8, 4) is 0 Å². The molecular weight excluding hydrogens is 769 g/mol. The van der Waals surface area contributed by atoms with E-state index in [-0.39, 0.29) is 32.5 Å². The van der Waals surface area contributed by atoms with Crippen LogP contribution in [0.3, 0.4) is 0 Å². The van der Waals surface area contributed by atoms with Gasteiger partial charge < -0.3 is 52.1 Å². The van der Waals surface area contributed by atoms with Crippen LogP contribution in [0.1, 0.15) is 56.4 Å². The van der Waals surface area contributed by atoms with Crippen molar-refractivity contribution in [2.24, 2.45) is 0 Å². The smallest absolute Gasteiger partial charge is 0.338 e. The van der Waals surface area contributed by atoms with Gasteiger partial charge in [-0.2, -0.15) is 0 Å². The zero-order valence-corrected chi connectivity index (χ0v) is 34.7. The first-order valence-electron chi connectivity index (χ1n) is 20.9. The van der Waals surface area contributed by atoms with Gasteiger partial charge in [0.25, 0.3) is 0 Å². The van der Waals surface area contributed by atoms with Crippen molar-refractivity contribution in [3.05, 3.63) is 144 Å². The highest BCUT2D eigenvalue weighted by atomic mass is 16.8. The molecule has 4 aliphatic heterocycles. The quantitative estimate of drug-likeness (QED) is 0.102. The van der Waals surface area contributed by atoms with Crippen LogP contribution in [0, 0.1) is 0 Å². The van der Waals surface area contributed by atoms with E-state index in [0.29, 0.717) is 19.6 Å². The van der Waals surface area contributed by atoms with Crippen LogP contribution in [0.15, 0.2) is 121 Å². The van der Waals surface area contributed by atoms with Crippen LogP contribution in [0.2, 0.25) is 0 Å². The number of rotatable bonds is 17. The Morgan fingerprint density at radius 3 is 1.58 bits per heavy atom. The summed E-state index contributed by atoms with van der Waals surface area (Å²) in [5.41, 5.74) is 3.82. The van der Waals surface area contributed by atoms with Gasteiger partial charge in [0.05, 0.1) is 51.8 Å². The summed E-state index contributed by atoms with van der Waals surface area (Å²) < 4.78 is 71.1. The predicted molar refractivity (Wildman–Crippen MR) is 218 cm³/mol. The second kappa shape index (κ2) is 19.3. The fourth-order valence-corrected chi connectivity index (χ4v) is 8.21. The first kappa shape index (κ1) is 42.6. The van der Waals surface area contributed by atoms with Crippen molar-refractivity contribution >= 4 is 5.97 Å². The van der Waals surface area contributed by atoms with Crippen LogP contribution < -0.4 is 0 Å². The number of carbonyl (C=O) groups excluding carboxylic acids is 1. The molecule has 4 heterocycles. The number of benzene rings is 4. The Morgan fingerprint density at radius 1 is 0.567 bits per heavy atom. The third-order valence-corrected chi connectivity index (χ3v) is 11.0. The minimum absolute atomic E-state index is 0.140. The van der Waals surface area contributed by atoms with Crippen molar-refractivity contribution in [2.75, 3.05) is 13.2 Å². The van der Waals surface area contributed by atoms with Crippen molar-refractivity contribution < 1.29 is 56.9 Å². The summed E-state index contributed by atoms with van der Waals surface area (Å²) in [7, 11) is 0. The highest BCUT2D eigenvalue weighted by Gasteiger charge is 2.59. The molecule has 4 aliphatic rings. The maximum absolute atomic E-state index is 14.8. The number of esters is 1. The predicted octanol–water partition coefficient (Wildman–Crippen LogP) is 7.06. The van der Waals surface area contributed by atoms with E-state index in [1.54, 1.807) is 0 Å². The molecule has 8 rings (SSSR count). The minimum atomic E-state index is -1.19. The molecule has 0 aliphatic carbocycles. The lowest BCUT2D eigenvalue weighted by Gasteiger charge is -2.46. The lowest BCUT2D eigenvalue weighted by atomic mass is 9.91. The van der Waals surface area contributed by atoms with Gasteiger partial charge in [-0.25, -0.2) is 4.79 Å². The highest BCUT2D eigenvalue weighted by Crippen LogP contribution is 2.41. The molecule has 0 saturated carbocycles. The van der Waals surface area contributed by atoms with Crippen LogP contribution in [0.4, 0.5) is 0 Å². The number of fused-ring (bicyclic) bond motifs is 1. The van der Waals surface area contributed by atoms with Crippen molar-refractivity contribution in [1.82, 2.24) is 0 Å². The summed E-state index contributed by atoms with van der Waals surface area (Å²) in [6.45, 7) is 8.89. The van der Waals surface area contributed by atoms with E-state index in [1.165, 1.54) is 0 Å². The number of ether oxygens (including phenoxy) is 11. The average Bonchev–Trinajstić information content (AvgIpc) is 3.88. The molecule has 0 amide bonds. The third kappa shape index (κ3) is 10.9. The lowest BCUT2D eigenvalue weighted by Crippen LogP contribution is -2.62. The van der Waals surface area contributed by atoms with E-state index in [0.717, 1.165) is 22.3 Å². The molecule has 0 spiro atoms. The molecule has 12 heteroatoms. The highest BCUT2D eigenvalue weighted by molar-refractivity contribution is 5.76. The van der Waals surface area contributed by atoms with Gasteiger partial charge in [0.2, 0.25) is 0 Å². The van der Waals surface area contributed by atoms with Crippen LogP contribution >= 0.6 is 0 Å². The maximum Gasteiger partial charge on any atom is 0.338 e. The Balaban J connectivity index is 1.12. The van der Waals surface area contributed by atoms with E-state index in [4.69, 9.17) is 52.1 Å². The Bertz CT molecular complexity index is 1930. The molecule has 0 aromatic heterocycles. The van der Waals surface area contributed by atoms with Gasteiger partial charge in [0.1, 0.15) is 30.5 Å². The van der Waals surface area contributed by atoms with Gasteiger partial charge in [0.15, 0.2) is 30.1 Å². The normalized spacial score (nSPS) is 30.5. The first-order chi connectivity index (χ1) is 29.1. The van der Waals surface area contributed by atoms with Gasteiger partial charge in [-0.1, -0.05) is 121 Å². The van der Waals surface area contributed by atoms with E-state index < -0.39 is 72.7 Å². The van der Waals surface area contributed by atoms with Crippen molar-refractivity contribution in [3.63, 3.8) is 0 Å².